The van der Waals surface area contributed by atoms with Crippen molar-refractivity contribution in [3.63, 3.8) is 0 Å². The number of hydrogen-bond acceptors (Lipinski definition) is 10. The van der Waals surface area contributed by atoms with Crippen LogP contribution in [-0.2, 0) is 51.3 Å². The molecule has 0 aromatic heterocycles. The summed E-state index contributed by atoms with van der Waals surface area (Å²) in [6.45, 7) is 8.16. The average molecular weight is 866 g/mol. The summed E-state index contributed by atoms with van der Waals surface area (Å²) in [6, 6.07) is 8.51. The highest BCUT2D eigenvalue weighted by Gasteiger charge is 2.45. The van der Waals surface area contributed by atoms with Gasteiger partial charge in [0.05, 0.1) is 31.1 Å². The van der Waals surface area contributed by atoms with Gasteiger partial charge in [-0.25, -0.2) is 8.42 Å². The Kier molecular flexibility index (Phi) is 12.3. The quantitative estimate of drug-likeness (QED) is 0.0922. The van der Waals surface area contributed by atoms with Crippen molar-refractivity contribution < 1.29 is 56.5 Å². The molecule has 14 nitrogen and oxygen atoms in total. The van der Waals surface area contributed by atoms with Crippen molar-refractivity contribution in [2.75, 3.05) is 29.5 Å². The maximum atomic E-state index is 12.0. The van der Waals surface area contributed by atoms with E-state index in [1.807, 2.05) is 49.3 Å². The van der Waals surface area contributed by atoms with Gasteiger partial charge in [-0.15, -0.1) is 0 Å². The van der Waals surface area contributed by atoms with Crippen molar-refractivity contribution in [3.8, 4) is 0 Å². The number of anilines is 1. The molecule has 2 aliphatic rings. The van der Waals surface area contributed by atoms with E-state index in [1.165, 1.54) is 24.3 Å². The summed E-state index contributed by atoms with van der Waals surface area (Å²) >= 11 is 3.58. The third-order valence-electron chi connectivity index (χ3n) is 9.18. The van der Waals surface area contributed by atoms with Crippen molar-refractivity contribution in [1.29, 1.82) is 0 Å². The molecule has 0 radical (unpaired) electrons. The zero-order valence-electron chi connectivity index (χ0n) is 28.9. The Labute approximate surface area is 313 Å². The van der Waals surface area contributed by atoms with Crippen molar-refractivity contribution in [1.82, 2.24) is 0 Å². The molecule has 2 heterocycles. The number of rotatable bonds is 15. The lowest BCUT2D eigenvalue weighted by molar-refractivity contribution is -0.438. The molecule has 0 spiro atoms. The Morgan fingerprint density at radius 2 is 1.38 bits per heavy atom. The average Bonchev–Trinajstić information content (AvgIpc) is 3.34. The van der Waals surface area contributed by atoms with Gasteiger partial charge in [0.1, 0.15) is 6.54 Å². The summed E-state index contributed by atoms with van der Waals surface area (Å²) in [6.07, 6.45) is 8.18. The Balaban J connectivity index is 1.73. The fraction of sp³-hybridized carbons (Fsp3) is 0.424. The molecule has 0 amide bonds. The number of fused-ring (bicyclic) bond motifs is 2. The second-order valence-electron chi connectivity index (χ2n) is 13.6. The zero-order valence-corrected chi connectivity index (χ0v) is 33.7. The Bertz CT molecular complexity index is 2330. The van der Waals surface area contributed by atoms with Gasteiger partial charge in [0.25, 0.3) is 30.4 Å². The van der Waals surface area contributed by atoms with Crippen LogP contribution in [0.25, 0.3) is 0 Å². The number of benzene rings is 2. The highest BCUT2D eigenvalue weighted by atomic mass is 79.9. The van der Waals surface area contributed by atoms with Crippen molar-refractivity contribution >= 4 is 73.5 Å². The van der Waals surface area contributed by atoms with E-state index in [2.05, 4.69) is 15.9 Å². The van der Waals surface area contributed by atoms with E-state index in [4.69, 9.17) is 0 Å². The first-order valence-corrected chi connectivity index (χ1v) is 22.9. The Hall–Kier alpha value is -2.75. The molecule has 0 unspecified atom stereocenters. The van der Waals surface area contributed by atoms with Gasteiger partial charge in [-0.3, -0.25) is 13.7 Å². The number of allylic oxidation sites excluding steroid dienone is 6. The van der Waals surface area contributed by atoms with Crippen LogP contribution in [0, 0.1) is 0 Å². The van der Waals surface area contributed by atoms with Crippen molar-refractivity contribution in [2.24, 2.45) is 0 Å². The summed E-state index contributed by atoms with van der Waals surface area (Å²) in [5.74, 6) is -0.944. The minimum atomic E-state index is -4.50. The van der Waals surface area contributed by atoms with Gasteiger partial charge >= 0.3 is 0 Å². The molecular weight excluding hydrogens is 825 g/mol. The van der Waals surface area contributed by atoms with Gasteiger partial charge in [-0.2, -0.15) is 29.8 Å². The largest absolute Gasteiger partial charge is 0.748 e. The molecule has 0 saturated heterocycles. The first-order chi connectivity index (χ1) is 23.7. The molecule has 4 rings (SSSR count). The predicted molar refractivity (Wildman–Crippen MR) is 199 cm³/mol. The number of hydrogen-bond donors (Lipinski definition) is 3. The third-order valence-corrected chi connectivity index (χ3v) is 13.0. The van der Waals surface area contributed by atoms with Crippen LogP contribution in [0.3, 0.4) is 0 Å². The van der Waals surface area contributed by atoms with Crippen LogP contribution in [0.15, 0.2) is 80.7 Å². The van der Waals surface area contributed by atoms with Crippen LogP contribution >= 0.6 is 15.9 Å². The van der Waals surface area contributed by atoms with Gasteiger partial charge in [-0.05, 0) is 87.2 Å². The minimum absolute atomic E-state index is 0.117. The van der Waals surface area contributed by atoms with E-state index >= 15 is 0 Å². The Morgan fingerprint density at radius 3 is 1.96 bits per heavy atom. The molecule has 19 heteroatoms. The van der Waals surface area contributed by atoms with E-state index in [9.17, 15) is 51.9 Å². The van der Waals surface area contributed by atoms with E-state index < -0.39 is 62.8 Å². The lowest BCUT2D eigenvalue weighted by Crippen LogP contribution is -2.28. The fourth-order valence-electron chi connectivity index (χ4n) is 6.59. The van der Waals surface area contributed by atoms with Gasteiger partial charge in [0, 0.05) is 57.7 Å². The molecule has 2 aromatic rings. The van der Waals surface area contributed by atoms with Crippen molar-refractivity contribution in [2.45, 2.75) is 74.0 Å². The molecule has 0 aliphatic carbocycles. The molecule has 0 fully saturated rings. The fourth-order valence-corrected chi connectivity index (χ4v) is 8.99. The van der Waals surface area contributed by atoms with E-state index in [0.29, 0.717) is 52.9 Å². The van der Waals surface area contributed by atoms with E-state index in [1.54, 1.807) is 24.3 Å². The first-order valence-electron chi connectivity index (χ1n) is 16.0. The number of halogens is 1. The number of unbranched alkanes of at least 4 members (excludes halogenated alkanes) is 2. The first kappa shape index (κ1) is 42.0. The lowest BCUT2D eigenvalue weighted by Gasteiger charge is -2.27. The smallest absolute Gasteiger partial charge is 0.294 e. The summed E-state index contributed by atoms with van der Waals surface area (Å²) in [5.41, 5.74) is 2.47. The van der Waals surface area contributed by atoms with Crippen LogP contribution in [0.4, 0.5) is 11.4 Å². The third kappa shape index (κ3) is 9.86. The van der Waals surface area contributed by atoms with E-state index in [-0.39, 0.29) is 22.6 Å². The van der Waals surface area contributed by atoms with Gasteiger partial charge in [0.2, 0.25) is 5.69 Å². The zero-order chi connectivity index (χ0) is 39.1. The standard InChI is InChI=1S/C33H41BrN2O12S4/c1-32(2)26-21-24(51(43,44)45)11-13-28(26)35(17-5-7-19-49(37,38)39)30(32)15-9-23(34)10-16-31-33(3,4)27-22-25(52(46,47)48)12-14-29(27)36(31)18-6-8-20-50(40,41)42/h9-16,21-22H,5-8,17-20H2,1-4H3,(H3-,37,38,39,40,41,42,43,44,45,46,47,48). The highest BCUT2D eigenvalue weighted by molar-refractivity contribution is 9.11. The van der Waals surface area contributed by atoms with Crippen LogP contribution in [0.1, 0.15) is 64.5 Å². The highest BCUT2D eigenvalue weighted by Crippen LogP contribution is 2.49. The van der Waals surface area contributed by atoms with Crippen LogP contribution in [0.2, 0.25) is 0 Å². The maximum Gasteiger partial charge on any atom is 0.294 e. The summed E-state index contributed by atoms with van der Waals surface area (Å²) < 4.78 is 135. The van der Waals surface area contributed by atoms with E-state index in [0.717, 1.165) is 11.4 Å². The Morgan fingerprint density at radius 1 is 0.808 bits per heavy atom. The van der Waals surface area contributed by atoms with Crippen molar-refractivity contribution in [3.05, 3.63) is 82.0 Å². The normalized spacial score (nSPS) is 18.4. The summed E-state index contributed by atoms with van der Waals surface area (Å²) in [4.78, 5) is 1.36. The monoisotopic (exact) mass is 864 g/mol. The molecule has 286 valence electrons. The second-order valence-corrected chi connectivity index (χ2v) is 20.5. The van der Waals surface area contributed by atoms with Crippen LogP contribution in [-0.4, -0.2) is 86.8 Å². The number of nitrogens with zero attached hydrogens (tertiary/aromatic N) is 2. The van der Waals surface area contributed by atoms with Gasteiger partial charge < -0.3 is 9.45 Å². The molecule has 0 bridgehead atoms. The predicted octanol–water partition coefficient (Wildman–Crippen LogP) is 5.07. The summed E-state index contributed by atoms with van der Waals surface area (Å²) in [7, 11) is -17.6. The lowest BCUT2D eigenvalue weighted by atomic mass is 9.81. The van der Waals surface area contributed by atoms with Crippen LogP contribution in [0.5, 0.6) is 0 Å². The molecule has 52 heavy (non-hydrogen) atoms. The molecule has 0 saturated carbocycles. The topological polar surface area (TPSA) is 227 Å². The molecule has 2 aliphatic heterocycles. The maximum absolute atomic E-state index is 12.0. The summed E-state index contributed by atoms with van der Waals surface area (Å²) in [5, 5.41) is 0. The molecule has 3 N–H and O–H groups in total. The molecule has 0 atom stereocenters. The molecular formula is C33H41BrN2O12S4. The van der Waals surface area contributed by atoms with Crippen LogP contribution < -0.4 is 4.90 Å². The molecule has 2 aromatic carbocycles. The SMILES string of the molecule is CC1(C)C(/C=C/C(Br)=C/C=C2\N(CCCCS(=O)(=O)[O-])c3ccc(S(=O)(=O)O)cc3C2(C)C)=[N+](CCCCS(=O)(=O)O)c2ccc(S(=O)(=O)O)cc21. The van der Waals surface area contributed by atoms with Gasteiger partial charge in [0.15, 0.2) is 5.71 Å². The second kappa shape index (κ2) is 15.2. The minimum Gasteiger partial charge on any atom is -0.748 e. The van der Waals surface area contributed by atoms with Gasteiger partial charge in [-0.1, -0.05) is 29.8 Å².